The van der Waals surface area contributed by atoms with Gasteiger partial charge in [-0.05, 0) is 6.07 Å². The normalized spacial score (nSPS) is 11.5. The highest BCUT2D eigenvalue weighted by molar-refractivity contribution is 6.61. The Morgan fingerprint density at radius 2 is 1.93 bits per heavy atom. The highest BCUT2D eigenvalue weighted by Crippen LogP contribution is 2.27. The van der Waals surface area contributed by atoms with E-state index in [0.29, 0.717) is 0 Å². The van der Waals surface area contributed by atoms with Crippen molar-refractivity contribution in [1.29, 1.82) is 0 Å². The van der Waals surface area contributed by atoms with Crippen LogP contribution in [0, 0.1) is 0 Å². The molecule has 0 aliphatic rings. The van der Waals surface area contributed by atoms with Crippen LogP contribution in [0.4, 0.5) is 18.9 Å². The van der Waals surface area contributed by atoms with E-state index in [-0.39, 0.29) is 5.69 Å². The minimum atomic E-state index is -4.76. The lowest BCUT2D eigenvalue weighted by Crippen LogP contribution is -2.39. The molecule has 4 nitrogen and oxygen atoms in total. The molecular weight excluding hydrogens is 200 g/mol. The van der Waals surface area contributed by atoms with E-state index in [1.807, 2.05) is 0 Å². The molecule has 4 N–H and O–H groups in total. The lowest BCUT2D eigenvalue weighted by Gasteiger charge is -2.12. The Morgan fingerprint density at radius 3 is 2.29 bits per heavy atom. The van der Waals surface area contributed by atoms with Crippen molar-refractivity contribution in [1.82, 2.24) is 4.98 Å². The van der Waals surface area contributed by atoms with E-state index < -0.39 is 24.5 Å². The molecule has 0 bridgehead atoms. The molecule has 14 heavy (non-hydrogen) atoms. The minimum Gasteiger partial charge on any atom is -0.423 e. The zero-order chi connectivity index (χ0) is 10.9. The second-order valence-corrected chi connectivity index (χ2v) is 2.53. The lowest BCUT2D eigenvalue weighted by atomic mass is 9.77. The number of halogens is 3. The standard InChI is InChI=1S/C6H6BF3N2O2/c8-6(9,10)5-4(7(13)14)3(11)1-2-12-5/h1-2,13-14H,(H2,11,12). The maximum Gasteiger partial charge on any atom is 0.492 e. The predicted molar refractivity (Wildman–Crippen MR) is 43.5 cm³/mol. The average Bonchev–Trinajstić information content (AvgIpc) is 2.01. The summed E-state index contributed by atoms with van der Waals surface area (Å²) in [5.41, 5.74) is 2.60. The van der Waals surface area contributed by atoms with E-state index in [1.165, 1.54) is 0 Å². The van der Waals surface area contributed by atoms with Gasteiger partial charge in [0.2, 0.25) is 0 Å². The molecule has 76 valence electrons. The van der Waals surface area contributed by atoms with Gasteiger partial charge in [0.15, 0.2) is 0 Å². The van der Waals surface area contributed by atoms with Crippen molar-refractivity contribution in [2.75, 3.05) is 5.73 Å². The SMILES string of the molecule is Nc1ccnc(C(F)(F)F)c1B(O)O. The largest absolute Gasteiger partial charge is 0.492 e. The van der Waals surface area contributed by atoms with E-state index in [9.17, 15) is 13.2 Å². The third-order valence-electron chi connectivity index (χ3n) is 1.55. The van der Waals surface area contributed by atoms with Gasteiger partial charge >= 0.3 is 13.3 Å². The fraction of sp³-hybridized carbons (Fsp3) is 0.167. The van der Waals surface area contributed by atoms with Crippen LogP contribution in [0.15, 0.2) is 12.3 Å². The summed E-state index contributed by atoms with van der Waals surface area (Å²) in [5, 5.41) is 17.4. The van der Waals surface area contributed by atoms with Crippen LogP contribution in [0.1, 0.15) is 5.69 Å². The van der Waals surface area contributed by atoms with Crippen LogP contribution < -0.4 is 11.2 Å². The molecule has 8 heteroatoms. The van der Waals surface area contributed by atoms with Crippen molar-refractivity contribution in [3.63, 3.8) is 0 Å². The molecule has 1 aromatic rings. The third kappa shape index (κ3) is 1.96. The Kier molecular flexibility index (Phi) is 2.67. The number of nitrogens with two attached hydrogens (primary N) is 1. The quantitative estimate of drug-likeness (QED) is 0.534. The van der Waals surface area contributed by atoms with Crippen LogP contribution in [-0.2, 0) is 6.18 Å². The maximum absolute atomic E-state index is 12.2. The van der Waals surface area contributed by atoms with E-state index >= 15 is 0 Å². The summed E-state index contributed by atoms with van der Waals surface area (Å²) in [6.45, 7) is 0. The molecule has 1 aromatic heterocycles. The van der Waals surface area contributed by atoms with Gasteiger partial charge in [-0.3, -0.25) is 4.98 Å². The first-order valence-corrected chi connectivity index (χ1v) is 3.51. The molecule has 0 aliphatic carbocycles. The van der Waals surface area contributed by atoms with E-state index in [2.05, 4.69) is 4.98 Å². The number of aromatic nitrogens is 1. The molecule has 0 spiro atoms. The first-order chi connectivity index (χ1) is 6.34. The van der Waals surface area contributed by atoms with E-state index in [1.54, 1.807) is 0 Å². The topological polar surface area (TPSA) is 79.4 Å². The van der Waals surface area contributed by atoms with Crippen LogP contribution in [0.25, 0.3) is 0 Å². The zero-order valence-corrected chi connectivity index (χ0v) is 6.78. The van der Waals surface area contributed by atoms with Gasteiger partial charge in [0.1, 0.15) is 5.69 Å². The van der Waals surface area contributed by atoms with E-state index in [4.69, 9.17) is 15.8 Å². The molecule has 0 radical (unpaired) electrons. The van der Waals surface area contributed by atoms with Crippen LogP contribution in [0.2, 0.25) is 0 Å². The Hall–Kier alpha value is -1.28. The number of alkyl halides is 3. The Balaban J connectivity index is 3.36. The molecule has 0 atom stereocenters. The molecule has 1 heterocycles. The first kappa shape index (κ1) is 10.8. The van der Waals surface area contributed by atoms with Crippen molar-refractivity contribution in [3.8, 4) is 0 Å². The van der Waals surface area contributed by atoms with Crippen LogP contribution in [-0.4, -0.2) is 22.2 Å². The van der Waals surface area contributed by atoms with Crippen molar-refractivity contribution in [2.45, 2.75) is 6.18 Å². The summed E-state index contributed by atoms with van der Waals surface area (Å²) in [6.07, 6.45) is -3.90. The smallest absolute Gasteiger partial charge is 0.423 e. The lowest BCUT2D eigenvalue weighted by molar-refractivity contribution is -0.140. The first-order valence-electron chi connectivity index (χ1n) is 3.51. The number of pyridine rings is 1. The van der Waals surface area contributed by atoms with Crippen LogP contribution in [0.3, 0.4) is 0 Å². The molecule has 0 fully saturated rings. The van der Waals surface area contributed by atoms with E-state index in [0.717, 1.165) is 12.3 Å². The number of nitrogen functional groups attached to an aromatic ring is 1. The number of anilines is 1. The summed E-state index contributed by atoms with van der Waals surface area (Å²) in [4.78, 5) is 3.01. The minimum absolute atomic E-state index is 0.359. The van der Waals surface area contributed by atoms with Gasteiger partial charge in [-0.25, -0.2) is 0 Å². The highest BCUT2D eigenvalue weighted by atomic mass is 19.4. The van der Waals surface area contributed by atoms with Gasteiger partial charge in [0, 0.05) is 17.3 Å². The number of nitrogens with zero attached hydrogens (tertiary/aromatic N) is 1. The Bertz CT molecular complexity index is 342. The van der Waals surface area contributed by atoms with Crippen molar-refractivity contribution in [3.05, 3.63) is 18.0 Å². The number of hydrogen-bond donors (Lipinski definition) is 3. The van der Waals surface area contributed by atoms with Crippen molar-refractivity contribution >= 4 is 18.3 Å². The summed E-state index contributed by atoms with van der Waals surface area (Å²) in [7, 11) is -2.29. The van der Waals surface area contributed by atoms with Crippen molar-refractivity contribution in [2.24, 2.45) is 0 Å². The molecule has 0 amide bonds. The van der Waals surface area contributed by atoms with Gasteiger partial charge in [-0.2, -0.15) is 13.2 Å². The monoisotopic (exact) mass is 206 g/mol. The highest BCUT2D eigenvalue weighted by Gasteiger charge is 2.39. The fourth-order valence-electron chi connectivity index (χ4n) is 0.985. The van der Waals surface area contributed by atoms with Gasteiger partial charge in [0.05, 0.1) is 0 Å². The molecule has 1 rings (SSSR count). The summed E-state index contributed by atoms with van der Waals surface area (Å²) in [5.74, 6) is 0. The number of rotatable bonds is 1. The molecule has 0 saturated heterocycles. The van der Waals surface area contributed by atoms with Crippen LogP contribution in [0.5, 0.6) is 0 Å². The summed E-state index contributed by atoms with van der Waals surface area (Å²) < 4.78 is 36.7. The second-order valence-electron chi connectivity index (χ2n) is 2.53. The molecule has 0 unspecified atom stereocenters. The maximum atomic E-state index is 12.2. The van der Waals surface area contributed by atoms with Crippen LogP contribution >= 0.6 is 0 Å². The summed E-state index contributed by atoms with van der Waals surface area (Å²) >= 11 is 0. The summed E-state index contributed by atoms with van der Waals surface area (Å²) in [6, 6.07) is 1.06. The molecule has 0 aromatic carbocycles. The van der Waals surface area contributed by atoms with Crippen molar-refractivity contribution < 1.29 is 23.2 Å². The Morgan fingerprint density at radius 1 is 1.36 bits per heavy atom. The Labute approximate surface area is 77.3 Å². The molecular formula is C6H6BF3N2O2. The third-order valence-corrected chi connectivity index (χ3v) is 1.55. The zero-order valence-electron chi connectivity index (χ0n) is 6.78. The number of hydrogen-bond acceptors (Lipinski definition) is 4. The average molecular weight is 206 g/mol. The predicted octanol–water partition coefficient (Wildman–Crippen LogP) is -0.638. The van der Waals surface area contributed by atoms with Gasteiger partial charge in [-0.15, -0.1) is 0 Å². The molecule has 0 aliphatic heterocycles. The fourth-order valence-corrected chi connectivity index (χ4v) is 0.985. The molecule has 0 saturated carbocycles. The van der Waals surface area contributed by atoms with Gasteiger partial charge < -0.3 is 15.8 Å². The van der Waals surface area contributed by atoms with Gasteiger partial charge in [-0.1, -0.05) is 0 Å². The van der Waals surface area contributed by atoms with Gasteiger partial charge in [0.25, 0.3) is 0 Å². The second kappa shape index (κ2) is 3.47.